The second-order valence-electron chi connectivity index (χ2n) is 4.85. The van der Waals surface area contributed by atoms with Crippen LogP contribution >= 0.6 is 0 Å². The number of carbonyl (C=O) groups excluding carboxylic acids is 1. The Kier molecular flexibility index (Phi) is 3.45. The van der Waals surface area contributed by atoms with Crippen LogP contribution < -0.4 is 20.9 Å². The molecule has 108 valence electrons. The van der Waals surface area contributed by atoms with Crippen LogP contribution in [-0.4, -0.2) is 17.0 Å². The van der Waals surface area contributed by atoms with Gasteiger partial charge < -0.3 is 15.1 Å². The van der Waals surface area contributed by atoms with Crippen LogP contribution in [0, 0.1) is 0 Å². The third kappa shape index (κ3) is 2.53. The molecule has 3 rings (SSSR count). The van der Waals surface area contributed by atoms with Crippen molar-refractivity contribution in [3.05, 3.63) is 48.2 Å². The van der Waals surface area contributed by atoms with Crippen LogP contribution in [0.25, 0.3) is 0 Å². The molecule has 0 aliphatic carbocycles. The van der Waals surface area contributed by atoms with Crippen molar-refractivity contribution in [2.24, 2.45) is 5.84 Å². The molecular weight excluding hydrogens is 268 g/mol. The molecule has 1 amide bonds. The highest BCUT2D eigenvalue weighted by molar-refractivity contribution is 5.99. The molecular formula is C15H16N4O2. The number of nitrogen functional groups attached to an aromatic ring is 1. The average Bonchev–Trinajstić information content (AvgIpc) is 2.52. The van der Waals surface area contributed by atoms with E-state index in [1.807, 2.05) is 36.4 Å². The Morgan fingerprint density at radius 3 is 3.00 bits per heavy atom. The lowest BCUT2D eigenvalue weighted by molar-refractivity contribution is -0.125. The number of hydrazine groups is 1. The molecule has 21 heavy (non-hydrogen) atoms. The highest BCUT2D eigenvalue weighted by Crippen LogP contribution is 2.34. The summed E-state index contributed by atoms with van der Waals surface area (Å²) in [5, 5.41) is 0. The van der Waals surface area contributed by atoms with Gasteiger partial charge in [-0.15, -0.1) is 0 Å². The van der Waals surface area contributed by atoms with E-state index in [0.717, 1.165) is 17.0 Å². The summed E-state index contributed by atoms with van der Waals surface area (Å²) < 4.78 is 5.62. The molecule has 2 heterocycles. The molecule has 1 aliphatic heterocycles. The number of nitrogens with one attached hydrogen (secondary N) is 1. The van der Waals surface area contributed by atoms with Gasteiger partial charge in [-0.3, -0.25) is 4.79 Å². The Morgan fingerprint density at radius 1 is 1.38 bits per heavy atom. The summed E-state index contributed by atoms with van der Waals surface area (Å²) in [5.41, 5.74) is 4.22. The molecule has 1 unspecified atom stereocenters. The number of fused-ring (bicyclic) bond motifs is 1. The number of pyridine rings is 1. The predicted octanol–water partition coefficient (Wildman–Crippen LogP) is 1.68. The summed E-state index contributed by atoms with van der Waals surface area (Å²) in [6.45, 7) is 2.20. The zero-order valence-electron chi connectivity index (χ0n) is 11.6. The molecule has 0 fully saturated rings. The van der Waals surface area contributed by atoms with Gasteiger partial charge in [-0.1, -0.05) is 12.1 Å². The number of ether oxygens (including phenoxy) is 1. The van der Waals surface area contributed by atoms with Gasteiger partial charge in [0.1, 0.15) is 11.6 Å². The van der Waals surface area contributed by atoms with Crippen molar-refractivity contribution in [1.82, 2.24) is 4.98 Å². The monoisotopic (exact) mass is 284 g/mol. The van der Waals surface area contributed by atoms with E-state index < -0.39 is 6.10 Å². The average molecular weight is 284 g/mol. The smallest absolute Gasteiger partial charge is 0.268 e. The third-order valence-electron chi connectivity index (χ3n) is 3.39. The van der Waals surface area contributed by atoms with E-state index in [1.54, 1.807) is 18.0 Å². The van der Waals surface area contributed by atoms with Crippen molar-refractivity contribution in [1.29, 1.82) is 0 Å². The number of para-hydroxylation sites is 2. The van der Waals surface area contributed by atoms with Crippen molar-refractivity contribution in [2.45, 2.75) is 19.6 Å². The van der Waals surface area contributed by atoms with Gasteiger partial charge in [-0.25, -0.2) is 10.8 Å². The number of nitrogens with zero attached hydrogens (tertiary/aromatic N) is 2. The van der Waals surface area contributed by atoms with Crippen LogP contribution in [0.15, 0.2) is 42.6 Å². The molecule has 0 saturated carbocycles. The van der Waals surface area contributed by atoms with E-state index >= 15 is 0 Å². The first kappa shape index (κ1) is 13.4. The third-order valence-corrected chi connectivity index (χ3v) is 3.39. The maximum atomic E-state index is 12.4. The van der Waals surface area contributed by atoms with Crippen molar-refractivity contribution in [2.75, 3.05) is 10.3 Å². The molecule has 0 spiro atoms. The van der Waals surface area contributed by atoms with E-state index in [1.165, 1.54) is 0 Å². The standard InChI is InChI=1S/C15H16N4O2/c1-10-15(20)19(12-4-2-3-5-13(12)21-10)9-11-6-7-17-14(8-11)18-16/h2-8,10H,9,16H2,1H3,(H,17,18). The number of hydrogen-bond acceptors (Lipinski definition) is 5. The van der Waals surface area contributed by atoms with Crippen LogP contribution in [0.1, 0.15) is 12.5 Å². The SMILES string of the molecule is CC1Oc2ccccc2N(Cc2ccnc(NN)c2)C1=O. The minimum atomic E-state index is -0.492. The molecule has 1 atom stereocenters. The Balaban J connectivity index is 1.94. The molecule has 0 bridgehead atoms. The van der Waals surface area contributed by atoms with Crippen LogP contribution in [0.4, 0.5) is 11.5 Å². The molecule has 6 nitrogen and oxygen atoms in total. The van der Waals surface area contributed by atoms with Crippen molar-refractivity contribution in [3.8, 4) is 5.75 Å². The van der Waals surface area contributed by atoms with Crippen molar-refractivity contribution in [3.63, 3.8) is 0 Å². The van der Waals surface area contributed by atoms with Crippen LogP contribution in [0.2, 0.25) is 0 Å². The Hall–Kier alpha value is -2.60. The first-order valence-electron chi connectivity index (χ1n) is 6.67. The number of hydrogen-bond donors (Lipinski definition) is 2. The molecule has 1 aromatic heterocycles. The molecule has 1 aliphatic rings. The Labute approximate surface area is 122 Å². The van der Waals surface area contributed by atoms with Gasteiger partial charge in [-0.05, 0) is 36.8 Å². The van der Waals surface area contributed by atoms with E-state index in [-0.39, 0.29) is 5.91 Å². The zero-order valence-corrected chi connectivity index (χ0v) is 11.6. The van der Waals surface area contributed by atoms with Gasteiger partial charge in [0.25, 0.3) is 5.91 Å². The van der Waals surface area contributed by atoms with Crippen LogP contribution in [0.5, 0.6) is 5.75 Å². The Bertz CT molecular complexity index is 674. The number of aromatic nitrogens is 1. The summed E-state index contributed by atoms with van der Waals surface area (Å²) >= 11 is 0. The maximum Gasteiger partial charge on any atom is 0.268 e. The first-order valence-corrected chi connectivity index (χ1v) is 6.67. The fraction of sp³-hybridized carbons (Fsp3) is 0.200. The lowest BCUT2D eigenvalue weighted by atomic mass is 10.1. The summed E-state index contributed by atoms with van der Waals surface area (Å²) in [6, 6.07) is 11.2. The lowest BCUT2D eigenvalue weighted by Gasteiger charge is -2.33. The minimum Gasteiger partial charge on any atom is -0.479 e. The second-order valence-corrected chi connectivity index (χ2v) is 4.85. The van der Waals surface area contributed by atoms with E-state index in [9.17, 15) is 4.79 Å². The number of amides is 1. The van der Waals surface area contributed by atoms with Gasteiger partial charge in [0.15, 0.2) is 6.10 Å². The van der Waals surface area contributed by atoms with Crippen LogP contribution in [0.3, 0.4) is 0 Å². The summed E-state index contributed by atoms with van der Waals surface area (Å²) in [7, 11) is 0. The second kappa shape index (κ2) is 5.41. The zero-order chi connectivity index (χ0) is 14.8. The number of rotatable bonds is 3. The summed E-state index contributed by atoms with van der Waals surface area (Å²) in [5.74, 6) is 6.59. The Morgan fingerprint density at radius 2 is 2.19 bits per heavy atom. The molecule has 6 heteroatoms. The molecule has 3 N–H and O–H groups in total. The predicted molar refractivity (Wildman–Crippen MR) is 79.8 cm³/mol. The number of anilines is 2. The maximum absolute atomic E-state index is 12.4. The largest absolute Gasteiger partial charge is 0.479 e. The van der Waals surface area contributed by atoms with E-state index in [4.69, 9.17) is 10.6 Å². The van der Waals surface area contributed by atoms with Crippen molar-refractivity contribution < 1.29 is 9.53 Å². The van der Waals surface area contributed by atoms with Gasteiger partial charge >= 0.3 is 0 Å². The van der Waals surface area contributed by atoms with Crippen molar-refractivity contribution >= 4 is 17.4 Å². The number of benzene rings is 1. The van der Waals surface area contributed by atoms with Gasteiger partial charge in [0.2, 0.25) is 0 Å². The first-order chi connectivity index (χ1) is 10.2. The van der Waals surface area contributed by atoms with Gasteiger partial charge in [0.05, 0.1) is 12.2 Å². The lowest BCUT2D eigenvalue weighted by Crippen LogP contribution is -2.43. The normalized spacial score (nSPS) is 17.1. The summed E-state index contributed by atoms with van der Waals surface area (Å²) in [6.07, 6.45) is 1.17. The van der Waals surface area contributed by atoms with E-state index in [2.05, 4.69) is 10.4 Å². The van der Waals surface area contributed by atoms with E-state index in [0.29, 0.717) is 12.4 Å². The summed E-state index contributed by atoms with van der Waals surface area (Å²) in [4.78, 5) is 18.2. The molecule has 0 saturated heterocycles. The van der Waals surface area contributed by atoms with Crippen LogP contribution in [-0.2, 0) is 11.3 Å². The molecule has 1 aromatic carbocycles. The van der Waals surface area contributed by atoms with Gasteiger partial charge in [0, 0.05) is 6.20 Å². The van der Waals surface area contributed by atoms with Gasteiger partial charge in [-0.2, -0.15) is 0 Å². The topological polar surface area (TPSA) is 80.5 Å². The molecule has 0 radical (unpaired) electrons. The number of nitrogens with two attached hydrogens (primary N) is 1. The highest BCUT2D eigenvalue weighted by atomic mass is 16.5. The highest BCUT2D eigenvalue weighted by Gasteiger charge is 2.31. The quantitative estimate of drug-likeness (QED) is 0.662. The fourth-order valence-corrected chi connectivity index (χ4v) is 2.36. The molecule has 2 aromatic rings. The fourth-order valence-electron chi connectivity index (χ4n) is 2.36. The number of carbonyl (C=O) groups is 1. The minimum absolute atomic E-state index is 0.0623.